The summed E-state index contributed by atoms with van der Waals surface area (Å²) in [6.45, 7) is 0. The third kappa shape index (κ3) is 6.22. The van der Waals surface area contributed by atoms with Crippen LogP contribution in [0.4, 0.5) is 22.0 Å². The SMILES string of the molecule is Cn1c(-c2ccc(C3=CCC(C(=N)N)CC3)cc2F)nnc1-c1ccc(C2=CCC(OC(=O)C(F)(F)F)(C(=N)N)CC2)cc1F. The molecule has 1 aromatic heterocycles. The van der Waals surface area contributed by atoms with E-state index in [0.717, 1.165) is 17.6 Å². The minimum atomic E-state index is -5.24. The van der Waals surface area contributed by atoms with E-state index in [1.54, 1.807) is 25.2 Å². The Labute approximate surface area is 254 Å². The van der Waals surface area contributed by atoms with E-state index in [-0.39, 0.29) is 53.8 Å². The fraction of sp³-hybridized carbons (Fsp3) is 0.323. The monoisotopic (exact) mass is 627 g/mol. The smallest absolute Gasteiger partial charge is 0.444 e. The highest BCUT2D eigenvalue weighted by molar-refractivity contribution is 5.91. The average Bonchev–Trinajstić information content (AvgIpc) is 3.37. The van der Waals surface area contributed by atoms with Crippen molar-refractivity contribution in [1.82, 2.24) is 14.8 Å². The number of benzene rings is 2. The Morgan fingerprint density at radius 1 is 0.956 bits per heavy atom. The molecule has 0 radical (unpaired) electrons. The average molecular weight is 628 g/mol. The highest BCUT2D eigenvalue weighted by atomic mass is 19.4. The largest absolute Gasteiger partial charge is 0.490 e. The molecule has 5 rings (SSSR count). The number of ether oxygens (including phenoxy) is 1. The molecule has 2 aliphatic carbocycles. The molecule has 6 N–H and O–H groups in total. The fourth-order valence-electron chi connectivity index (χ4n) is 5.69. The highest BCUT2D eigenvalue weighted by Crippen LogP contribution is 2.38. The number of halogens is 5. The first-order valence-electron chi connectivity index (χ1n) is 14.1. The molecule has 2 aromatic carbocycles. The maximum Gasteiger partial charge on any atom is 0.490 e. The number of hydrogen-bond acceptors (Lipinski definition) is 6. The van der Waals surface area contributed by atoms with Crippen molar-refractivity contribution in [3.05, 3.63) is 71.3 Å². The lowest BCUT2D eigenvalue weighted by molar-refractivity contribution is -0.209. The number of carbonyl (C=O) groups excluding carboxylic acids is 1. The predicted octanol–water partition coefficient (Wildman–Crippen LogP) is 5.89. The van der Waals surface area contributed by atoms with E-state index < -0.39 is 35.2 Å². The summed E-state index contributed by atoms with van der Waals surface area (Å²) in [5.74, 6) is -3.85. The molecule has 2 atom stereocenters. The molecule has 45 heavy (non-hydrogen) atoms. The number of amidine groups is 2. The molecule has 2 aliphatic rings. The number of aromatic nitrogens is 3. The highest BCUT2D eigenvalue weighted by Gasteiger charge is 2.48. The number of allylic oxidation sites excluding steroid dienone is 3. The lowest BCUT2D eigenvalue weighted by Crippen LogP contribution is -2.50. The fourth-order valence-corrected chi connectivity index (χ4v) is 5.69. The Morgan fingerprint density at radius 2 is 1.51 bits per heavy atom. The van der Waals surface area contributed by atoms with Crippen molar-refractivity contribution in [2.75, 3.05) is 0 Å². The van der Waals surface area contributed by atoms with Gasteiger partial charge in [-0.3, -0.25) is 10.8 Å². The molecule has 0 spiro atoms. The van der Waals surface area contributed by atoms with Gasteiger partial charge in [0.1, 0.15) is 17.5 Å². The number of nitrogens with two attached hydrogens (primary N) is 2. The Morgan fingerprint density at radius 3 is 1.91 bits per heavy atom. The molecular formula is C31H30F5N7O2. The molecule has 0 saturated heterocycles. The summed E-state index contributed by atoms with van der Waals surface area (Å²) in [6, 6.07) is 9.11. The Hall–Kier alpha value is -4.88. The first-order chi connectivity index (χ1) is 21.2. The lowest BCUT2D eigenvalue weighted by Gasteiger charge is -2.35. The van der Waals surface area contributed by atoms with Crippen LogP contribution in [-0.4, -0.2) is 44.2 Å². The van der Waals surface area contributed by atoms with E-state index in [4.69, 9.17) is 22.3 Å². The second kappa shape index (κ2) is 11.9. The number of carbonyl (C=O) groups is 1. The summed E-state index contributed by atoms with van der Waals surface area (Å²) in [5.41, 5.74) is 12.2. The molecule has 1 heterocycles. The number of nitrogens with one attached hydrogen (secondary N) is 2. The molecule has 3 aromatic rings. The molecule has 236 valence electrons. The van der Waals surface area contributed by atoms with Crippen LogP contribution in [0, 0.1) is 28.4 Å². The summed E-state index contributed by atoms with van der Waals surface area (Å²) in [4.78, 5) is 11.4. The summed E-state index contributed by atoms with van der Waals surface area (Å²) >= 11 is 0. The van der Waals surface area contributed by atoms with Crippen molar-refractivity contribution in [2.24, 2.45) is 24.4 Å². The molecule has 0 aliphatic heterocycles. The summed E-state index contributed by atoms with van der Waals surface area (Å²) in [5, 5.41) is 23.6. The van der Waals surface area contributed by atoms with E-state index in [1.807, 2.05) is 6.08 Å². The van der Waals surface area contributed by atoms with Crippen LogP contribution in [0.3, 0.4) is 0 Å². The molecule has 0 saturated carbocycles. The molecule has 2 unspecified atom stereocenters. The number of alkyl halides is 3. The second-order valence-corrected chi connectivity index (χ2v) is 11.2. The van der Waals surface area contributed by atoms with Crippen molar-refractivity contribution in [3.63, 3.8) is 0 Å². The molecule has 0 fully saturated rings. The molecule has 9 nitrogen and oxygen atoms in total. The molecule has 14 heteroatoms. The van der Waals surface area contributed by atoms with Gasteiger partial charge in [0, 0.05) is 19.4 Å². The zero-order chi connectivity index (χ0) is 32.7. The Balaban J connectivity index is 1.35. The van der Waals surface area contributed by atoms with Gasteiger partial charge in [0.15, 0.2) is 17.2 Å². The summed E-state index contributed by atoms with van der Waals surface area (Å²) < 4.78 is 75.2. The number of rotatable bonds is 7. The van der Waals surface area contributed by atoms with Crippen LogP contribution in [0.15, 0.2) is 48.6 Å². The van der Waals surface area contributed by atoms with Gasteiger partial charge in [-0.15, -0.1) is 10.2 Å². The van der Waals surface area contributed by atoms with Gasteiger partial charge in [0.05, 0.1) is 17.0 Å². The topological polar surface area (TPSA) is 157 Å². The van der Waals surface area contributed by atoms with Crippen molar-refractivity contribution < 1.29 is 31.5 Å². The van der Waals surface area contributed by atoms with Crippen LogP contribution >= 0.6 is 0 Å². The summed E-state index contributed by atoms with van der Waals surface area (Å²) in [6.07, 6.45) is -0.177. The minimum absolute atomic E-state index is 0.00633. The van der Waals surface area contributed by atoms with E-state index in [9.17, 15) is 18.0 Å². The quantitative estimate of drug-likeness (QED) is 0.111. The molecular weight excluding hydrogens is 597 g/mol. The van der Waals surface area contributed by atoms with Crippen molar-refractivity contribution in [2.45, 2.75) is 50.3 Å². The first-order valence-corrected chi connectivity index (χ1v) is 14.1. The van der Waals surface area contributed by atoms with Gasteiger partial charge in [-0.05, 0) is 78.6 Å². The third-order valence-electron chi connectivity index (χ3n) is 8.37. The van der Waals surface area contributed by atoms with E-state index in [0.29, 0.717) is 24.0 Å². The first kappa shape index (κ1) is 31.5. The zero-order valence-electron chi connectivity index (χ0n) is 24.1. The van der Waals surface area contributed by atoms with Crippen LogP contribution in [-0.2, 0) is 16.6 Å². The van der Waals surface area contributed by atoms with Crippen molar-refractivity contribution in [3.8, 4) is 22.8 Å². The Bertz CT molecular complexity index is 1760. The van der Waals surface area contributed by atoms with E-state index in [1.165, 1.54) is 28.8 Å². The van der Waals surface area contributed by atoms with Gasteiger partial charge in [-0.25, -0.2) is 13.6 Å². The third-order valence-corrected chi connectivity index (χ3v) is 8.37. The van der Waals surface area contributed by atoms with Crippen molar-refractivity contribution >= 4 is 28.8 Å². The second-order valence-electron chi connectivity index (χ2n) is 11.2. The summed E-state index contributed by atoms with van der Waals surface area (Å²) in [7, 11) is 1.59. The van der Waals surface area contributed by atoms with Gasteiger partial charge in [0.25, 0.3) is 0 Å². The maximum atomic E-state index is 15.4. The maximum absolute atomic E-state index is 15.4. The lowest BCUT2D eigenvalue weighted by atomic mass is 9.82. The standard InChI is InChI=1S/C31H30F5N7O2/c1-43-26(21-8-6-19(14-23(21)32)16-2-4-18(5-3-16)25(37)38)41-42-27(43)22-9-7-20(15-24(22)33)17-10-12-30(13-11-17,28(39)40)45-29(44)31(34,35)36/h2,6-10,14-15,18H,3-5,11-13H2,1H3,(H3,37,38)(H3,39,40). The van der Waals surface area contributed by atoms with Gasteiger partial charge in [0.2, 0.25) is 0 Å². The zero-order valence-corrected chi connectivity index (χ0v) is 24.1. The van der Waals surface area contributed by atoms with Crippen LogP contribution in [0.5, 0.6) is 0 Å². The predicted molar refractivity (Wildman–Crippen MR) is 158 cm³/mol. The van der Waals surface area contributed by atoms with Gasteiger partial charge < -0.3 is 20.8 Å². The van der Waals surface area contributed by atoms with E-state index >= 15 is 8.78 Å². The van der Waals surface area contributed by atoms with Crippen LogP contribution in [0.1, 0.15) is 49.7 Å². The van der Waals surface area contributed by atoms with Gasteiger partial charge in [-0.1, -0.05) is 24.3 Å². The van der Waals surface area contributed by atoms with E-state index in [2.05, 4.69) is 14.9 Å². The van der Waals surface area contributed by atoms with Crippen LogP contribution in [0.25, 0.3) is 33.9 Å². The number of hydrogen-bond donors (Lipinski definition) is 4. The van der Waals surface area contributed by atoms with Gasteiger partial charge in [-0.2, -0.15) is 13.2 Å². The van der Waals surface area contributed by atoms with Crippen LogP contribution < -0.4 is 11.5 Å². The molecule has 0 bridgehead atoms. The number of esters is 1. The Kier molecular flexibility index (Phi) is 8.34. The van der Waals surface area contributed by atoms with Crippen molar-refractivity contribution in [1.29, 1.82) is 10.8 Å². The number of nitrogens with zero attached hydrogens (tertiary/aromatic N) is 3. The minimum Gasteiger partial charge on any atom is -0.444 e. The van der Waals surface area contributed by atoms with Crippen LogP contribution in [0.2, 0.25) is 0 Å². The normalized spacial score (nSPS) is 20.3. The molecule has 0 amide bonds. The van der Waals surface area contributed by atoms with Gasteiger partial charge >= 0.3 is 12.1 Å².